The van der Waals surface area contributed by atoms with Gasteiger partial charge in [0.05, 0.1) is 6.61 Å². The number of nitrogens with one attached hydrogen (secondary N) is 1. The van der Waals surface area contributed by atoms with Crippen LogP contribution in [0.3, 0.4) is 0 Å². The predicted octanol–water partition coefficient (Wildman–Crippen LogP) is 1.74. The molecule has 0 saturated heterocycles. The van der Waals surface area contributed by atoms with Gasteiger partial charge in [-0.15, -0.1) is 0 Å². The van der Waals surface area contributed by atoms with Gasteiger partial charge in [-0.25, -0.2) is 8.78 Å². The largest absolute Gasteiger partial charge is 0.383 e. The summed E-state index contributed by atoms with van der Waals surface area (Å²) in [6, 6.07) is 3.80. The van der Waals surface area contributed by atoms with Crippen LogP contribution in [0, 0.1) is 11.6 Å². The van der Waals surface area contributed by atoms with Gasteiger partial charge in [0.25, 0.3) is 0 Å². The summed E-state index contributed by atoms with van der Waals surface area (Å²) in [5, 5.41) is 2.95. The van der Waals surface area contributed by atoms with E-state index in [1.54, 1.807) is 14.2 Å². The first-order chi connectivity index (χ1) is 7.19. The zero-order valence-electron chi connectivity index (χ0n) is 8.89. The van der Waals surface area contributed by atoms with Crippen molar-refractivity contribution in [3.63, 3.8) is 0 Å². The highest BCUT2D eigenvalue weighted by molar-refractivity contribution is 5.20. The number of methoxy groups -OCH3 is 1. The van der Waals surface area contributed by atoms with E-state index in [1.807, 2.05) is 0 Å². The van der Waals surface area contributed by atoms with E-state index in [1.165, 1.54) is 18.2 Å². The van der Waals surface area contributed by atoms with E-state index < -0.39 is 11.6 Å². The second kappa shape index (κ2) is 5.78. The van der Waals surface area contributed by atoms with Gasteiger partial charge < -0.3 is 10.1 Å². The Hall–Kier alpha value is -1.00. The lowest BCUT2D eigenvalue weighted by Gasteiger charge is -2.15. The van der Waals surface area contributed by atoms with Crippen LogP contribution in [-0.4, -0.2) is 26.8 Å². The third kappa shape index (κ3) is 3.25. The summed E-state index contributed by atoms with van der Waals surface area (Å²) in [6.07, 6.45) is 0.281. The molecule has 2 nitrogen and oxygen atoms in total. The van der Waals surface area contributed by atoms with Crippen molar-refractivity contribution in [2.24, 2.45) is 0 Å². The predicted molar refractivity (Wildman–Crippen MR) is 54.8 cm³/mol. The lowest BCUT2D eigenvalue weighted by molar-refractivity contribution is 0.168. The molecule has 0 fully saturated rings. The van der Waals surface area contributed by atoms with Crippen LogP contribution in [-0.2, 0) is 11.2 Å². The van der Waals surface area contributed by atoms with Crippen LogP contribution < -0.4 is 5.32 Å². The minimum Gasteiger partial charge on any atom is -0.383 e. The molecule has 0 bridgehead atoms. The Morgan fingerprint density at radius 2 is 1.93 bits per heavy atom. The average molecular weight is 215 g/mol. The highest BCUT2D eigenvalue weighted by atomic mass is 19.1. The fourth-order valence-electron chi connectivity index (χ4n) is 1.42. The second-order valence-electron chi connectivity index (χ2n) is 3.35. The van der Waals surface area contributed by atoms with Gasteiger partial charge in [0.2, 0.25) is 0 Å². The SMILES string of the molecule is CNC(COC)Cc1c(F)cccc1F. The van der Waals surface area contributed by atoms with E-state index in [4.69, 9.17) is 4.74 Å². The minimum atomic E-state index is -0.508. The first kappa shape index (κ1) is 12.1. The molecule has 1 unspecified atom stereocenters. The number of rotatable bonds is 5. The van der Waals surface area contributed by atoms with E-state index >= 15 is 0 Å². The Labute approximate surface area is 88.3 Å². The van der Waals surface area contributed by atoms with Gasteiger partial charge >= 0.3 is 0 Å². The monoisotopic (exact) mass is 215 g/mol. The molecule has 0 aliphatic rings. The molecule has 4 heteroatoms. The summed E-state index contributed by atoms with van der Waals surface area (Å²) in [4.78, 5) is 0. The van der Waals surface area contributed by atoms with Crippen LogP contribution in [0.4, 0.5) is 8.78 Å². The average Bonchev–Trinajstić information content (AvgIpc) is 2.22. The topological polar surface area (TPSA) is 21.3 Å². The Balaban J connectivity index is 2.78. The molecule has 0 spiro atoms. The van der Waals surface area contributed by atoms with Crippen molar-refractivity contribution in [3.05, 3.63) is 35.4 Å². The highest BCUT2D eigenvalue weighted by Gasteiger charge is 2.13. The number of halogens is 2. The Bertz CT molecular complexity index is 297. The van der Waals surface area contributed by atoms with Crippen LogP contribution in [0.25, 0.3) is 0 Å². The minimum absolute atomic E-state index is 0.0820. The number of hydrogen-bond acceptors (Lipinski definition) is 2. The molecule has 84 valence electrons. The molecule has 1 atom stereocenters. The molecule has 0 aliphatic heterocycles. The number of benzene rings is 1. The molecule has 1 aromatic rings. The Morgan fingerprint density at radius 3 is 2.40 bits per heavy atom. The van der Waals surface area contributed by atoms with Crippen molar-refractivity contribution >= 4 is 0 Å². The van der Waals surface area contributed by atoms with Crippen LogP contribution in [0.2, 0.25) is 0 Å². The molecule has 0 saturated carbocycles. The van der Waals surface area contributed by atoms with Crippen molar-refractivity contribution in [1.29, 1.82) is 0 Å². The lowest BCUT2D eigenvalue weighted by atomic mass is 10.1. The summed E-state index contributed by atoms with van der Waals surface area (Å²) in [5.74, 6) is -1.02. The summed E-state index contributed by atoms with van der Waals surface area (Å²) >= 11 is 0. The van der Waals surface area contributed by atoms with E-state index in [-0.39, 0.29) is 18.0 Å². The molecule has 0 radical (unpaired) electrons. The molecular formula is C11H15F2NO. The van der Waals surface area contributed by atoms with E-state index in [9.17, 15) is 8.78 Å². The maximum atomic E-state index is 13.3. The maximum Gasteiger partial charge on any atom is 0.129 e. The first-order valence-electron chi connectivity index (χ1n) is 4.78. The normalized spacial score (nSPS) is 12.8. The van der Waals surface area contributed by atoms with Crippen molar-refractivity contribution in [3.8, 4) is 0 Å². The van der Waals surface area contributed by atoms with Gasteiger partial charge in [-0.3, -0.25) is 0 Å². The van der Waals surface area contributed by atoms with Gasteiger partial charge in [0.15, 0.2) is 0 Å². The fraction of sp³-hybridized carbons (Fsp3) is 0.455. The van der Waals surface area contributed by atoms with Gasteiger partial charge in [0, 0.05) is 18.7 Å². The van der Waals surface area contributed by atoms with Crippen molar-refractivity contribution in [2.75, 3.05) is 20.8 Å². The number of likely N-dealkylation sites (N-methyl/N-ethyl adjacent to an activating group) is 1. The fourth-order valence-corrected chi connectivity index (χ4v) is 1.42. The molecule has 0 aromatic heterocycles. The molecule has 1 aromatic carbocycles. The molecule has 0 amide bonds. The zero-order valence-corrected chi connectivity index (χ0v) is 8.89. The van der Waals surface area contributed by atoms with E-state index in [0.717, 1.165) is 0 Å². The van der Waals surface area contributed by atoms with Gasteiger partial charge in [-0.1, -0.05) is 6.07 Å². The molecule has 0 aliphatic carbocycles. The summed E-state index contributed by atoms with van der Waals surface area (Å²) < 4.78 is 31.5. The smallest absolute Gasteiger partial charge is 0.129 e. The van der Waals surface area contributed by atoms with Crippen LogP contribution in [0.1, 0.15) is 5.56 Å². The van der Waals surface area contributed by atoms with Crippen LogP contribution in [0.15, 0.2) is 18.2 Å². The lowest BCUT2D eigenvalue weighted by Crippen LogP contribution is -2.32. The summed E-state index contributed by atoms with van der Waals surface area (Å²) in [5.41, 5.74) is 0.105. The molecular weight excluding hydrogens is 200 g/mol. The first-order valence-corrected chi connectivity index (χ1v) is 4.78. The van der Waals surface area contributed by atoms with Crippen molar-refractivity contribution in [2.45, 2.75) is 12.5 Å². The van der Waals surface area contributed by atoms with Crippen molar-refractivity contribution < 1.29 is 13.5 Å². The summed E-state index contributed by atoms with van der Waals surface area (Å²) in [7, 11) is 3.30. The molecule has 15 heavy (non-hydrogen) atoms. The maximum absolute atomic E-state index is 13.3. The van der Waals surface area contributed by atoms with Crippen molar-refractivity contribution in [1.82, 2.24) is 5.32 Å². The number of ether oxygens (including phenoxy) is 1. The third-order valence-corrected chi connectivity index (χ3v) is 2.29. The van der Waals surface area contributed by atoms with Crippen LogP contribution >= 0.6 is 0 Å². The zero-order chi connectivity index (χ0) is 11.3. The van der Waals surface area contributed by atoms with Gasteiger partial charge in [0.1, 0.15) is 11.6 Å². The standard InChI is InChI=1S/C11H15F2NO/c1-14-8(7-15-2)6-9-10(12)4-3-5-11(9)13/h3-5,8,14H,6-7H2,1-2H3. The Morgan fingerprint density at radius 1 is 1.33 bits per heavy atom. The highest BCUT2D eigenvalue weighted by Crippen LogP contribution is 2.14. The van der Waals surface area contributed by atoms with E-state index in [0.29, 0.717) is 6.61 Å². The van der Waals surface area contributed by atoms with Crippen LogP contribution in [0.5, 0.6) is 0 Å². The van der Waals surface area contributed by atoms with E-state index in [2.05, 4.69) is 5.32 Å². The number of hydrogen-bond donors (Lipinski definition) is 1. The van der Waals surface area contributed by atoms with Gasteiger partial charge in [-0.05, 0) is 25.6 Å². The molecule has 1 rings (SSSR count). The summed E-state index contributed by atoms with van der Waals surface area (Å²) in [6.45, 7) is 0.421. The van der Waals surface area contributed by atoms with Gasteiger partial charge in [-0.2, -0.15) is 0 Å². The molecule has 1 N–H and O–H groups in total. The molecule has 0 heterocycles. The quantitative estimate of drug-likeness (QED) is 0.807. The second-order valence-corrected chi connectivity index (χ2v) is 3.35. The third-order valence-electron chi connectivity index (χ3n) is 2.29. The Kier molecular flexibility index (Phi) is 4.65.